The van der Waals surface area contributed by atoms with Crippen LogP contribution in [0, 0.1) is 6.92 Å². The maximum absolute atomic E-state index is 10.3. The number of β-amino-alcohol motifs (C(OH)–C–C–N with tert-alkyl or cyclic N) is 1. The van der Waals surface area contributed by atoms with Crippen LogP contribution in [0.5, 0.6) is 0 Å². The number of aliphatic hydroxyl groups is 1. The number of benzene rings is 1. The van der Waals surface area contributed by atoms with Crippen molar-refractivity contribution in [2.45, 2.75) is 38.5 Å². The quantitative estimate of drug-likeness (QED) is 0.838. The first-order chi connectivity index (χ1) is 11.2. The Morgan fingerprint density at radius 2 is 2.17 bits per heavy atom. The number of rotatable bonds is 7. The van der Waals surface area contributed by atoms with Crippen LogP contribution in [0.25, 0.3) is 0 Å². The van der Waals surface area contributed by atoms with Crippen molar-refractivity contribution in [2.75, 3.05) is 19.7 Å². The van der Waals surface area contributed by atoms with Crippen molar-refractivity contribution in [1.29, 1.82) is 0 Å². The first kappa shape index (κ1) is 16.7. The highest BCUT2D eigenvalue weighted by Gasteiger charge is 2.28. The molecule has 1 saturated heterocycles. The molecule has 0 unspecified atom stereocenters. The highest BCUT2D eigenvalue weighted by Crippen LogP contribution is 2.33. The van der Waals surface area contributed by atoms with Gasteiger partial charge in [-0.15, -0.1) is 11.3 Å². The molecular weight excluding hydrogens is 306 g/mol. The summed E-state index contributed by atoms with van der Waals surface area (Å²) in [6.45, 7) is 4.90. The van der Waals surface area contributed by atoms with Crippen LogP contribution < -0.4 is 0 Å². The van der Waals surface area contributed by atoms with E-state index in [0.717, 1.165) is 6.54 Å². The molecule has 0 saturated carbocycles. The van der Waals surface area contributed by atoms with Crippen LogP contribution in [0.4, 0.5) is 0 Å². The highest BCUT2D eigenvalue weighted by atomic mass is 32.1. The summed E-state index contributed by atoms with van der Waals surface area (Å²) in [7, 11) is 0. The summed E-state index contributed by atoms with van der Waals surface area (Å²) in [6, 6.07) is 13.1. The monoisotopic (exact) mass is 331 g/mol. The highest BCUT2D eigenvalue weighted by molar-refractivity contribution is 7.09. The third-order valence-electron chi connectivity index (χ3n) is 4.49. The summed E-state index contributed by atoms with van der Waals surface area (Å²) in [6.07, 6.45) is 1.94. The second-order valence-corrected chi connectivity index (χ2v) is 7.29. The van der Waals surface area contributed by atoms with Crippen molar-refractivity contribution in [3.05, 3.63) is 57.8 Å². The molecule has 1 aliphatic rings. The number of nitrogens with zero attached hydrogens (tertiary/aromatic N) is 1. The van der Waals surface area contributed by atoms with Crippen LogP contribution in [-0.2, 0) is 11.3 Å². The standard InChI is InChI=1S/C19H25NO2S/c1-15-6-2-3-8-18(15)19-9-4-10-20(19)12-16(21)13-22-14-17-7-5-11-23-17/h2-3,5-8,11,16,19,21H,4,9-10,12-14H2,1H3/t16-,19-/m1/s1. The molecule has 1 aromatic carbocycles. The smallest absolute Gasteiger partial charge is 0.0900 e. The van der Waals surface area contributed by atoms with Crippen molar-refractivity contribution >= 4 is 11.3 Å². The first-order valence-corrected chi connectivity index (χ1v) is 9.20. The molecule has 124 valence electrons. The van der Waals surface area contributed by atoms with E-state index in [1.165, 1.54) is 28.8 Å². The van der Waals surface area contributed by atoms with Crippen LogP contribution in [0.1, 0.15) is 34.9 Å². The molecule has 0 amide bonds. The van der Waals surface area contributed by atoms with Gasteiger partial charge in [-0.25, -0.2) is 0 Å². The molecular formula is C19H25NO2S. The average Bonchev–Trinajstić information content (AvgIpc) is 3.20. The first-order valence-electron chi connectivity index (χ1n) is 8.32. The molecule has 1 aliphatic heterocycles. The number of hydrogen-bond acceptors (Lipinski definition) is 4. The van der Waals surface area contributed by atoms with Gasteiger partial charge in [0, 0.05) is 17.5 Å². The van der Waals surface area contributed by atoms with E-state index in [1.54, 1.807) is 11.3 Å². The molecule has 23 heavy (non-hydrogen) atoms. The van der Waals surface area contributed by atoms with Gasteiger partial charge >= 0.3 is 0 Å². The Labute approximate surface area is 142 Å². The maximum atomic E-state index is 10.3. The summed E-state index contributed by atoms with van der Waals surface area (Å²) in [4.78, 5) is 3.61. The van der Waals surface area contributed by atoms with E-state index >= 15 is 0 Å². The van der Waals surface area contributed by atoms with Gasteiger partial charge in [0.15, 0.2) is 0 Å². The van der Waals surface area contributed by atoms with E-state index < -0.39 is 6.10 Å². The Morgan fingerprint density at radius 3 is 2.96 bits per heavy atom. The van der Waals surface area contributed by atoms with Crippen LogP contribution >= 0.6 is 11.3 Å². The topological polar surface area (TPSA) is 32.7 Å². The van der Waals surface area contributed by atoms with Crippen molar-refractivity contribution in [2.24, 2.45) is 0 Å². The molecule has 1 fully saturated rings. The number of aryl methyl sites for hydroxylation is 1. The second kappa shape index (κ2) is 8.06. The predicted octanol–water partition coefficient (Wildman–Crippen LogP) is 3.77. The minimum atomic E-state index is -0.431. The summed E-state index contributed by atoms with van der Waals surface area (Å²) in [5, 5.41) is 12.4. The van der Waals surface area contributed by atoms with E-state index in [4.69, 9.17) is 4.74 Å². The lowest BCUT2D eigenvalue weighted by atomic mass is 9.99. The van der Waals surface area contributed by atoms with Crippen molar-refractivity contribution in [3.63, 3.8) is 0 Å². The van der Waals surface area contributed by atoms with Crippen molar-refractivity contribution in [1.82, 2.24) is 4.90 Å². The second-order valence-electron chi connectivity index (χ2n) is 6.26. The summed E-state index contributed by atoms with van der Waals surface area (Å²) >= 11 is 1.69. The zero-order valence-electron chi connectivity index (χ0n) is 13.6. The number of ether oxygens (including phenoxy) is 1. The van der Waals surface area contributed by atoms with Gasteiger partial charge in [0.2, 0.25) is 0 Å². The molecule has 3 rings (SSSR count). The lowest BCUT2D eigenvalue weighted by molar-refractivity contribution is 0.00844. The maximum Gasteiger partial charge on any atom is 0.0900 e. The van der Waals surface area contributed by atoms with Crippen molar-refractivity contribution < 1.29 is 9.84 Å². The summed E-state index contributed by atoms with van der Waals surface area (Å²) in [5.41, 5.74) is 2.74. The molecule has 2 aromatic rings. The molecule has 1 aromatic heterocycles. The van der Waals surface area contributed by atoms with Crippen molar-refractivity contribution in [3.8, 4) is 0 Å². The van der Waals surface area contributed by atoms with Gasteiger partial charge in [-0.2, -0.15) is 0 Å². The zero-order valence-corrected chi connectivity index (χ0v) is 14.5. The van der Waals surface area contributed by atoms with E-state index in [2.05, 4.69) is 42.2 Å². The Bertz CT molecular complexity index is 599. The van der Waals surface area contributed by atoms with Crippen LogP contribution in [0.15, 0.2) is 41.8 Å². The average molecular weight is 331 g/mol. The fraction of sp³-hybridized carbons (Fsp3) is 0.474. The van der Waals surface area contributed by atoms with Crippen LogP contribution in [-0.4, -0.2) is 35.8 Å². The Morgan fingerprint density at radius 1 is 1.30 bits per heavy atom. The minimum Gasteiger partial charge on any atom is -0.389 e. The van der Waals surface area contributed by atoms with Crippen LogP contribution in [0.2, 0.25) is 0 Å². The Hall–Kier alpha value is -1.20. The van der Waals surface area contributed by atoms with E-state index in [0.29, 0.717) is 25.8 Å². The van der Waals surface area contributed by atoms with E-state index in [9.17, 15) is 5.11 Å². The number of likely N-dealkylation sites (tertiary alicyclic amines) is 1. The van der Waals surface area contributed by atoms with E-state index in [1.807, 2.05) is 11.4 Å². The number of aliphatic hydroxyl groups excluding tert-OH is 1. The molecule has 0 radical (unpaired) electrons. The van der Waals surface area contributed by atoms with Gasteiger partial charge in [0.25, 0.3) is 0 Å². The van der Waals surface area contributed by atoms with Gasteiger partial charge in [0.05, 0.1) is 19.3 Å². The van der Waals surface area contributed by atoms with Crippen LogP contribution in [0.3, 0.4) is 0 Å². The fourth-order valence-corrected chi connectivity index (χ4v) is 4.01. The lowest BCUT2D eigenvalue weighted by Crippen LogP contribution is -2.34. The largest absolute Gasteiger partial charge is 0.389 e. The molecule has 3 nitrogen and oxygen atoms in total. The number of thiophene rings is 1. The van der Waals surface area contributed by atoms with Gasteiger partial charge in [-0.3, -0.25) is 4.90 Å². The van der Waals surface area contributed by atoms with Gasteiger partial charge in [0.1, 0.15) is 0 Å². The normalized spacial score (nSPS) is 20.0. The molecule has 2 heterocycles. The van der Waals surface area contributed by atoms with Gasteiger partial charge < -0.3 is 9.84 Å². The third kappa shape index (κ3) is 4.42. The lowest BCUT2D eigenvalue weighted by Gasteiger charge is -2.28. The zero-order chi connectivity index (χ0) is 16.1. The Kier molecular flexibility index (Phi) is 5.84. The molecule has 2 atom stereocenters. The molecule has 0 aliphatic carbocycles. The fourth-order valence-electron chi connectivity index (χ4n) is 3.37. The minimum absolute atomic E-state index is 0.398. The van der Waals surface area contributed by atoms with E-state index in [-0.39, 0.29) is 0 Å². The number of hydrogen-bond donors (Lipinski definition) is 1. The molecule has 1 N–H and O–H groups in total. The predicted molar refractivity (Wildman–Crippen MR) is 94.7 cm³/mol. The summed E-state index contributed by atoms with van der Waals surface area (Å²) < 4.78 is 5.65. The Balaban J connectivity index is 1.51. The third-order valence-corrected chi connectivity index (χ3v) is 5.34. The molecule has 4 heteroatoms. The summed E-state index contributed by atoms with van der Waals surface area (Å²) in [5.74, 6) is 0. The molecule has 0 spiro atoms. The van der Waals surface area contributed by atoms with Gasteiger partial charge in [-0.05, 0) is 48.9 Å². The molecule has 0 bridgehead atoms. The SMILES string of the molecule is Cc1ccccc1[C@H]1CCCN1C[C@@H](O)COCc1cccs1. The van der Waals surface area contributed by atoms with Gasteiger partial charge in [-0.1, -0.05) is 30.3 Å².